The molecule has 23 heavy (non-hydrogen) atoms. The van der Waals surface area contributed by atoms with Crippen molar-refractivity contribution in [3.8, 4) is 11.5 Å². The van der Waals surface area contributed by atoms with Crippen molar-refractivity contribution in [1.82, 2.24) is 0 Å². The number of nitrogens with zero attached hydrogens (tertiary/aromatic N) is 1. The second-order valence-electron chi connectivity index (χ2n) is 4.44. The van der Waals surface area contributed by atoms with E-state index in [9.17, 15) is 18.5 Å². The van der Waals surface area contributed by atoms with E-state index in [-0.39, 0.29) is 29.5 Å². The molecule has 8 nitrogen and oxygen atoms in total. The molecule has 0 amide bonds. The van der Waals surface area contributed by atoms with Crippen molar-refractivity contribution in [2.75, 3.05) is 13.2 Å². The lowest BCUT2D eigenvalue weighted by molar-refractivity contribution is -0.385. The van der Waals surface area contributed by atoms with Gasteiger partial charge in [0.2, 0.25) is 10.0 Å². The van der Waals surface area contributed by atoms with Crippen LogP contribution in [0.3, 0.4) is 0 Å². The molecule has 0 aliphatic heterocycles. The van der Waals surface area contributed by atoms with Gasteiger partial charge >= 0.3 is 5.69 Å². The maximum atomic E-state index is 11.1. The van der Waals surface area contributed by atoms with Gasteiger partial charge in [-0.05, 0) is 30.3 Å². The van der Waals surface area contributed by atoms with E-state index >= 15 is 0 Å². The molecular formula is C14H14N2O6S. The lowest BCUT2D eigenvalue weighted by Gasteiger charge is -2.09. The molecule has 0 saturated carbocycles. The van der Waals surface area contributed by atoms with E-state index in [4.69, 9.17) is 14.6 Å². The van der Waals surface area contributed by atoms with E-state index in [1.165, 1.54) is 36.4 Å². The number of ether oxygens (including phenoxy) is 2. The molecule has 0 saturated heterocycles. The van der Waals surface area contributed by atoms with Crippen LogP contribution in [0.5, 0.6) is 11.5 Å². The van der Waals surface area contributed by atoms with Gasteiger partial charge in [0, 0.05) is 6.07 Å². The number of nitro groups is 1. The first-order chi connectivity index (χ1) is 10.9. The van der Waals surface area contributed by atoms with Crippen LogP contribution < -0.4 is 14.6 Å². The maximum absolute atomic E-state index is 11.1. The van der Waals surface area contributed by atoms with E-state index in [0.717, 1.165) is 0 Å². The van der Waals surface area contributed by atoms with Crippen LogP contribution in [-0.2, 0) is 10.0 Å². The van der Waals surface area contributed by atoms with Crippen molar-refractivity contribution in [3.63, 3.8) is 0 Å². The van der Waals surface area contributed by atoms with Gasteiger partial charge in [-0.3, -0.25) is 10.1 Å². The SMILES string of the molecule is NS(=O)(=O)c1ccc(OCCOc2ccccc2[N+](=O)[O-])cc1. The molecule has 0 fully saturated rings. The van der Waals surface area contributed by atoms with Gasteiger partial charge in [-0.25, -0.2) is 13.6 Å². The predicted octanol–water partition coefficient (Wildman–Crippen LogP) is 1.70. The lowest BCUT2D eigenvalue weighted by atomic mass is 10.3. The highest BCUT2D eigenvalue weighted by Gasteiger charge is 2.13. The summed E-state index contributed by atoms with van der Waals surface area (Å²) >= 11 is 0. The zero-order valence-corrected chi connectivity index (χ0v) is 12.7. The first-order valence-corrected chi connectivity index (χ1v) is 8.04. The molecule has 122 valence electrons. The fraction of sp³-hybridized carbons (Fsp3) is 0.143. The minimum absolute atomic E-state index is 0.0130. The Morgan fingerprint density at radius 3 is 2.22 bits per heavy atom. The van der Waals surface area contributed by atoms with Crippen molar-refractivity contribution in [3.05, 3.63) is 58.6 Å². The standard InChI is InChI=1S/C14H14N2O6S/c15-23(19,20)12-7-5-11(6-8-12)21-9-10-22-14-4-2-1-3-13(14)16(17)18/h1-8H,9-10H2,(H2,15,19,20). The molecule has 2 aromatic carbocycles. The van der Waals surface area contributed by atoms with E-state index in [1.54, 1.807) is 12.1 Å². The molecule has 0 unspecified atom stereocenters. The summed E-state index contributed by atoms with van der Waals surface area (Å²) in [6.07, 6.45) is 0. The highest BCUT2D eigenvalue weighted by Crippen LogP contribution is 2.25. The summed E-state index contributed by atoms with van der Waals surface area (Å²) in [5, 5.41) is 15.8. The van der Waals surface area contributed by atoms with Crippen LogP contribution in [0.2, 0.25) is 0 Å². The Hall–Kier alpha value is -2.65. The molecular weight excluding hydrogens is 324 g/mol. The Morgan fingerprint density at radius 2 is 1.61 bits per heavy atom. The fourth-order valence-corrected chi connectivity index (χ4v) is 2.28. The molecule has 2 N–H and O–H groups in total. The number of hydrogen-bond donors (Lipinski definition) is 1. The van der Waals surface area contributed by atoms with Gasteiger partial charge in [0.1, 0.15) is 19.0 Å². The molecule has 0 bridgehead atoms. The smallest absolute Gasteiger partial charge is 0.310 e. The third-order valence-corrected chi connectivity index (χ3v) is 3.75. The van der Waals surface area contributed by atoms with Crippen LogP contribution in [0.25, 0.3) is 0 Å². The minimum Gasteiger partial charge on any atom is -0.490 e. The Kier molecular flexibility index (Phi) is 5.14. The topological polar surface area (TPSA) is 122 Å². The summed E-state index contributed by atoms with van der Waals surface area (Å²) in [4.78, 5) is 10.3. The van der Waals surface area contributed by atoms with Crippen molar-refractivity contribution in [2.24, 2.45) is 5.14 Å². The Bertz CT molecular complexity index is 789. The van der Waals surface area contributed by atoms with Crippen LogP contribution in [0.15, 0.2) is 53.4 Å². The number of para-hydroxylation sites is 2. The van der Waals surface area contributed by atoms with Crippen LogP contribution in [0.1, 0.15) is 0 Å². The third kappa shape index (κ3) is 4.66. The number of primary sulfonamides is 1. The summed E-state index contributed by atoms with van der Waals surface area (Å²) in [6, 6.07) is 11.6. The van der Waals surface area contributed by atoms with E-state index < -0.39 is 14.9 Å². The van der Waals surface area contributed by atoms with Crippen LogP contribution in [0, 0.1) is 10.1 Å². The van der Waals surface area contributed by atoms with Gasteiger partial charge in [-0.1, -0.05) is 12.1 Å². The fourth-order valence-electron chi connectivity index (χ4n) is 1.77. The number of nitrogens with two attached hydrogens (primary N) is 1. The van der Waals surface area contributed by atoms with Crippen molar-refractivity contribution < 1.29 is 22.8 Å². The average molecular weight is 338 g/mol. The summed E-state index contributed by atoms with van der Waals surface area (Å²) in [7, 11) is -3.74. The molecule has 0 spiro atoms. The van der Waals surface area contributed by atoms with Crippen LogP contribution in [0.4, 0.5) is 5.69 Å². The quantitative estimate of drug-likeness (QED) is 0.466. The summed E-state index contributed by atoms with van der Waals surface area (Å²) < 4.78 is 32.9. The zero-order valence-electron chi connectivity index (χ0n) is 11.9. The summed E-state index contributed by atoms with van der Waals surface area (Å²) in [5.41, 5.74) is -0.120. The first-order valence-electron chi connectivity index (χ1n) is 6.50. The third-order valence-electron chi connectivity index (χ3n) is 2.82. The van der Waals surface area contributed by atoms with Gasteiger partial charge in [-0.15, -0.1) is 0 Å². The van der Waals surface area contributed by atoms with E-state index in [2.05, 4.69) is 0 Å². The molecule has 0 aromatic heterocycles. The first kappa shape index (κ1) is 16.7. The van der Waals surface area contributed by atoms with Gasteiger partial charge in [0.15, 0.2) is 5.75 Å². The second kappa shape index (κ2) is 7.07. The summed E-state index contributed by atoms with van der Waals surface area (Å²) in [5.74, 6) is 0.592. The Balaban J connectivity index is 1.88. The highest BCUT2D eigenvalue weighted by atomic mass is 32.2. The lowest BCUT2D eigenvalue weighted by Crippen LogP contribution is -2.12. The van der Waals surface area contributed by atoms with Crippen molar-refractivity contribution in [1.29, 1.82) is 0 Å². The maximum Gasteiger partial charge on any atom is 0.310 e. The number of sulfonamides is 1. The molecule has 2 aromatic rings. The molecule has 9 heteroatoms. The molecule has 0 aliphatic rings. The van der Waals surface area contributed by atoms with Gasteiger partial charge < -0.3 is 9.47 Å². The molecule has 2 rings (SSSR count). The average Bonchev–Trinajstić information content (AvgIpc) is 2.51. The molecule has 0 aliphatic carbocycles. The normalized spacial score (nSPS) is 11.0. The van der Waals surface area contributed by atoms with E-state index in [1.807, 2.05) is 0 Å². The van der Waals surface area contributed by atoms with Crippen LogP contribution in [-0.4, -0.2) is 26.6 Å². The Labute approximate surface area is 132 Å². The molecule has 0 atom stereocenters. The monoisotopic (exact) mass is 338 g/mol. The summed E-state index contributed by atoms with van der Waals surface area (Å²) in [6.45, 7) is 0.239. The number of hydrogen-bond acceptors (Lipinski definition) is 6. The predicted molar refractivity (Wildman–Crippen MR) is 81.9 cm³/mol. The molecule has 0 radical (unpaired) electrons. The molecule has 0 heterocycles. The van der Waals surface area contributed by atoms with Gasteiger partial charge in [0.05, 0.1) is 9.82 Å². The second-order valence-corrected chi connectivity index (χ2v) is 6.00. The largest absolute Gasteiger partial charge is 0.490 e. The van der Waals surface area contributed by atoms with E-state index in [0.29, 0.717) is 5.75 Å². The van der Waals surface area contributed by atoms with Gasteiger partial charge in [-0.2, -0.15) is 0 Å². The van der Waals surface area contributed by atoms with Gasteiger partial charge in [0.25, 0.3) is 0 Å². The number of nitro benzene ring substituents is 1. The Morgan fingerprint density at radius 1 is 1.00 bits per heavy atom. The van der Waals surface area contributed by atoms with Crippen LogP contribution >= 0.6 is 0 Å². The number of benzene rings is 2. The minimum atomic E-state index is -3.74. The van der Waals surface area contributed by atoms with Crippen molar-refractivity contribution in [2.45, 2.75) is 4.90 Å². The zero-order chi connectivity index (χ0) is 16.9. The van der Waals surface area contributed by atoms with Crippen molar-refractivity contribution >= 4 is 15.7 Å². The number of rotatable bonds is 7. The highest BCUT2D eigenvalue weighted by molar-refractivity contribution is 7.89.